The van der Waals surface area contributed by atoms with Crippen LogP contribution in [-0.2, 0) is 4.74 Å². The summed E-state index contributed by atoms with van der Waals surface area (Å²) in [4.78, 5) is 32.3. The number of unbranched alkanes of at least 4 members (excludes halogenated alkanes) is 1. The molecular formula is C15H21ClN4O4. The largest absolute Gasteiger partial charge is 0.476 e. The van der Waals surface area contributed by atoms with E-state index in [0.717, 1.165) is 12.8 Å². The highest BCUT2D eigenvalue weighted by atomic mass is 35.5. The van der Waals surface area contributed by atoms with Gasteiger partial charge in [0.05, 0.1) is 18.5 Å². The van der Waals surface area contributed by atoms with Gasteiger partial charge in [-0.2, -0.15) is 0 Å². The Kier molecular flexibility index (Phi) is 6.60. The molecule has 0 radical (unpaired) electrons. The van der Waals surface area contributed by atoms with Crippen molar-refractivity contribution >= 4 is 29.4 Å². The van der Waals surface area contributed by atoms with E-state index < -0.39 is 5.97 Å². The third-order valence-electron chi connectivity index (χ3n) is 3.80. The van der Waals surface area contributed by atoms with Gasteiger partial charge in [-0.05, 0) is 30.9 Å². The van der Waals surface area contributed by atoms with Gasteiger partial charge in [0.1, 0.15) is 0 Å². The van der Waals surface area contributed by atoms with Gasteiger partial charge in [0.2, 0.25) is 5.28 Å². The lowest BCUT2D eigenvalue weighted by Crippen LogP contribution is -2.42. The highest BCUT2D eigenvalue weighted by Crippen LogP contribution is 2.20. The summed E-state index contributed by atoms with van der Waals surface area (Å²) < 4.78 is 5.19. The zero-order valence-electron chi connectivity index (χ0n) is 13.5. The lowest BCUT2D eigenvalue weighted by atomic mass is 10.1. The molecule has 0 saturated carbocycles. The number of nitrogens with one attached hydrogen (secondary N) is 1. The predicted molar refractivity (Wildman–Crippen MR) is 88.5 cm³/mol. The number of amides is 1. The number of nitrogens with zero attached hydrogens (tertiary/aromatic N) is 3. The molecule has 2 N–H and O–H groups in total. The predicted octanol–water partition coefficient (Wildman–Crippen LogP) is 2.64. The van der Waals surface area contributed by atoms with E-state index in [-0.39, 0.29) is 23.1 Å². The second kappa shape index (κ2) is 8.68. The number of carboxylic acid groups (broad SMARTS) is 1. The first-order chi connectivity index (χ1) is 11.5. The van der Waals surface area contributed by atoms with Crippen LogP contribution in [0.25, 0.3) is 0 Å². The molecule has 0 unspecified atom stereocenters. The van der Waals surface area contributed by atoms with Gasteiger partial charge in [-0.3, -0.25) is 0 Å². The van der Waals surface area contributed by atoms with Crippen LogP contribution in [0.3, 0.4) is 0 Å². The molecule has 0 aromatic carbocycles. The Morgan fingerprint density at radius 2 is 2.17 bits per heavy atom. The van der Waals surface area contributed by atoms with Crippen LogP contribution in [-0.4, -0.2) is 57.8 Å². The Bertz CT molecular complexity index is 591. The Morgan fingerprint density at radius 3 is 2.79 bits per heavy atom. The minimum absolute atomic E-state index is 0.0348. The van der Waals surface area contributed by atoms with Gasteiger partial charge in [0.15, 0.2) is 5.69 Å². The molecule has 2 heterocycles. The van der Waals surface area contributed by atoms with Gasteiger partial charge in [-0.25, -0.2) is 19.6 Å². The Labute approximate surface area is 145 Å². The number of hydrogen-bond donors (Lipinski definition) is 2. The number of piperidine rings is 1. The number of halogens is 1. The summed E-state index contributed by atoms with van der Waals surface area (Å²) in [5.74, 6) is -1.17. The second-order valence-corrected chi connectivity index (χ2v) is 5.92. The molecule has 8 nitrogen and oxygen atoms in total. The molecule has 2 rings (SSSR count). The number of carbonyl (C=O) groups excluding carboxylic acids is 1. The van der Waals surface area contributed by atoms with E-state index >= 15 is 0 Å². The number of rotatable bonds is 6. The summed E-state index contributed by atoms with van der Waals surface area (Å²) in [6.45, 7) is 3.59. The topological polar surface area (TPSA) is 105 Å². The van der Waals surface area contributed by atoms with Crippen LogP contribution in [0, 0.1) is 0 Å². The molecule has 0 bridgehead atoms. The minimum atomic E-state index is -1.17. The van der Waals surface area contributed by atoms with Crippen molar-refractivity contribution in [2.45, 2.75) is 38.6 Å². The summed E-state index contributed by atoms with van der Waals surface area (Å²) in [7, 11) is 0. The van der Waals surface area contributed by atoms with Crippen molar-refractivity contribution in [3.63, 3.8) is 0 Å². The molecule has 1 fully saturated rings. The fraction of sp³-hybridized carbons (Fsp3) is 0.600. The van der Waals surface area contributed by atoms with Crippen LogP contribution in [0.2, 0.25) is 5.28 Å². The third-order valence-corrected chi connectivity index (χ3v) is 3.98. The number of carboxylic acids is 1. The Balaban J connectivity index is 1.87. The first-order valence-electron chi connectivity index (χ1n) is 7.95. The maximum absolute atomic E-state index is 11.9. The normalized spacial score (nSPS) is 15.2. The average Bonchev–Trinajstić information content (AvgIpc) is 2.57. The fourth-order valence-electron chi connectivity index (χ4n) is 2.45. The van der Waals surface area contributed by atoms with Gasteiger partial charge >= 0.3 is 12.1 Å². The molecule has 1 aromatic heterocycles. The summed E-state index contributed by atoms with van der Waals surface area (Å²) in [6, 6.07) is 0.0348. The van der Waals surface area contributed by atoms with Crippen molar-refractivity contribution in [2.75, 3.05) is 25.0 Å². The van der Waals surface area contributed by atoms with Crippen molar-refractivity contribution in [3.8, 4) is 0 Å². The van der Waals surface area contributed by atoms with Crippen LogP contribution in [0.15, 0.2) is 6.20 Å². The van der Waals surface area contributed by atoms with Crippen LogP contribution >= 0.6 is 11.6 Å². The van der Waals surface area contributed by atoms with E-state index in [1.165, 1.54) is 6.20 Å². The molecule has 1 aliphatic rings. The van der Waals surface area contributed by atoms with Crippen LogP contribution in [0.5, 0.6) is 0 Å². The molecule has 1 saturated heterocycles. The first-order valence-corrected chi connectivity index (χ1v) is 8.33. The van der Waals surface area contributed by atoms with Gasteiger partial charge in [-0.1, -0.05) is 13.3 Å². The smallest absolute Gasteiger partial charge is 0.409 e. The monoisotopic (exact) mass is 356 g/mol. The maximum atomic E-state index is 11.9. The fourth-order valence-corrected chi connectivity index (χ4v) is 2.58. The van der Waals surface area contributed by atoms with Gasteiger partial charge in [-0.15, -0.1) is 0 Å². The van der Waals surface area contributed by atoms with E-state index in [0.29, 0.717) is 38.2 Å². The standard InChI is InChI=1S/C15H21ClN4O4/c1-2-3-8-24-15(23)20-6-4-10(5-7-20)18-11-9-17-14(16)19-12(11)13(21)22/h9-10,18H,2-8H2,1H3,(H,21,22). The number of aromatic carboxylic acids is 1. The summed E-state index contributed by atoms with van der Waals surface area (Å²) in [5.41, 5.74) is 0.173. The molecule has 24 heavy (non-hydrogen) atoms. The van der Waals surface area contributed by atoms with E-state index in [9.17, 15) is 14.7 Å². The van der Waals surface area contributed by atoms with E-state index in [1.54, 1.807) is 4.90 Å². The Hall–Kier alpha value is -2.09. The molecule has 0 aliphatic carbocycles. The van der Waals surface area contributed by atoms with Crippen molar-refractivity contribution < 1.29 is 19.4 Å². The van der Waals surface area contributed by atoms with Crippen molar-refractivity contribution in [3.05, 3.63) is 17.2 Å². The molecule has 9 heteroatoms. The van der Waals surface area contributed by atoms with Crippen LogP contribution in [0.4, 0.5) is 10.5 Å². The van der Waals surface area contributed by atoms with Gasteiger partial charge < -0.3 is 20.1 Å². The SMILES string of the molecule is CCCCOC(=O)N1CCC(Nc2cnc(Cl)nc2C(=O)O)CC1. The number of likely N-dealkylation sites (tertiary alicyclic amines) is 1. The summed E-state index contributed by atoms with van der Waals surface area (Å²) in [5, 5.41) is 12.2. The first kappa shape index (κ1) is 18.3. The molecule has 1 amide bonds. The lowest BCUT2D eigenvalue weighted by molar-refractivity contribution is 0.0691. The van der Waals surface area contributed by atoms with E-state index in [1.807, 2.05) is 6.92 Å². The average molecular weight is 357 g/mol. The van der Waals surface area contributed by atoms with Crippen molar-refractivity contribution in [2.24, 2.45) is 0 Å². The van der Waals surface area contributed by atoms with Crippen molar-refractivity contribution in [1.82, 2.24) is 14.9 Å². The summed E-state index contributed by atoms with van der Waals surface area (Å²) >= 11 is 5.64. The van der Waals surface area contributed by atoms with Crippen LogP contribution in [0.1, 0.15) is 43.1 Å². The van der Waals surface area contributed by atoms with Gasteiger partial charge in [0.25, 0.3) is 0 Å². The number of ether oxygens (including phenoxy) is 1. The number of anilines is 1. The Morgan fingerprint density at radius 1 is 1.46 bits per heavy atom. The molecule has 0 spiro atoms. The lowest BCUT2D eigenvalue weighted by Gasteiger charge is -2.32. The van der Waals surface area contributed by atoms with E-state index in [4.69, 9.17) is 16.3 Å². The molecule has 1 aliphatic heterocycles. The molecule has 1 aromatic rings. The van der Waals surface area contributed by atoms with Crippen LogP contribution < -0.4 is 5.32 Å². The highest BCUT2D eigenvalue weighted by molar-refractivity contribution is 6.28. The third kappa shape index (κ3) is 4.95. The zero-order chi connectivity index (χ0) is 17.5. The molecular weight excluding hydrogens is 336 g/mol. The highest BCUT2D eigenvalue weighted by Gasteiger charge is 2.25. The zero-order valence-corrected chi connectivity index (χ0v) is 14.3. The molecule has 132 valence electrons. The van der Waals surface area contributed by atoms with E-state index in [2.05, 4.69) is 15.3 Å². The van der Waals surface area contributed by atoms with Gasteiger partial charge in [0, 0.05) is 19.1 Å². The number of carbonyl (C=O) groups is 2. The maximum Gasteiger partial charge on any atom is 0.409 e. The quantitative estimate of drug-likeness (QED) is 0.596. The number of aromatic nitrogens is 2. The molecule has 0 atom stereocenters. The second-order valence-electron chi connectivity index (χ2n) is 5.58. The van der Waals surface area contributed by atoms with Crippen molar-refractivity contribution in [1.29, 1.82) is 0 Å². The minimum Gasteiger partial charge on any atom is -0.476 e. The summed E-state index contributed by atoms with van der Waals surface area (Å²) in [6.07, 6.45) is 4.29. The number of hydrogen-bond acceptors (Lipinski definition) is 6.